The third-order valence-electron chi connectivity index (χ3n) is 11.3. The quantitative estimate of drug-likeness (QED) is 0.210. The summed E-state index contributed by atoms with van der Waals surface area (Å²) in [5, 5.41) is 37.7. The summed E-state index contributed by atoms with van der Waals surface area (Å²) < 4.78 is 20.1. The van der Waals surface area contributed by atoms with Gasteiger partial charge in [-0.15, -0.1) is 10.2 Å². The van der Waals surface area contributed by atoms with E-state index in [2.05, 4.69) is 43.0 Å². The third-order valence-corrected chi connectivity index (χ3v) is 11.3. The fourth-order valence-corrected chi connectivity index (χ4v) is 8.96. The number of morpholine rings is 1. The standard InChI is InChI=1S/C32H36FN9O2/c33-23-4-6-26-21(14-23)2-1-20-13-22(28(43)41-9-11-44-12-10-41)3-5-25(20)32(26,29-37-39-40-38-29)7-8-36-17-27(35)42-24(16-34)15-30-18-31(30,42)19-30/h3-6,14,22,24,35-36H,1-2,7-13,15,17-19H2,(H,37,38,39,40)/p+1. The number of nitrogens with one attached hydrogen (secondary N) is 4. The second-order valence-corrected chi connectivity index (χ2v) is 13.5. The number of benzene rings is 1. The maximum absolute atomic E-state index is 14.6. The number of rotatable bonds is 7. The molecule has 44 heavy (non-hydrogen) atoms. The van der Waals surface area contributed by atoms with Crippen molar-refractivity contribution in [3.8, 4) is 6.07 Å². The Morgan fingerprint density at radius 3 is 2.91 bits per heavy atom. The largest absolute Gasteiger partial charge is 0.370 e. The van der Waals surface area contributed by atoms with Crippen molar-refractivity contribution in [2.24, 2.45) is 11.3 Å². The average molecular weight is 599 g/mol. The van der Waals surface area contributed by atoms with Gasteiger partial charge in [0.15, 0.2) is 5.82 Å². The monoisotopic (exact) mass is 598 g/mol. The van der Waals surface area contributed by atoms with Crippen LogP contribution in [0.25, 0.3) is 0 Å². The van der Waals surface area contributed by atoms with Gasteiger partial charge in [-0.1, -0.05) is 29.0 Å². The Hall–Kier alpha value is -3.79. The Morgan fingerprint density at radius 1 is 1.30 bits per heavy atom. The van der Waals surface area contributed by atoms with Gasteiger partial charge in [-0.05, 0) is 80.3 Å². The number of H-pyrrole nitrogens is 1. The van der Waals surface area contributed by atoms with Gasteiger partial charge in [-0.2, -0.15) is 10.5 Å². The molecule has 0 spiro atoms. The highest BCUT2D eigenvalue weighted by Gasteiger charge is 2.90. The summed E-state index contributed by atoms with van der Waals surface area (Å²) in [7, 11) is 0. The molecule has 3 atom stereocenters. The number of quaternary nitrogens is 1. The zero-order valence-electron chi connectivity index (χ0n) is 24.7. The number of aromatic amines is 1. The van der Waals surface area contributed by atoms with Crippen molar-refractivity contribution < 1.29 is 18.8 Å². The molecule has 2 aliphatic heterocycles. The predicted octanol–water partition coefficient (Wildman–Crippen LogP) is 0.973. The van der Waals surface area contributed by atoms with Gasteiger partial charge in [-0.25, -0.2) is 9.18 Å². The number of nitrogens with zero attached hydrogens (tertiary/aromatic N) is 5. The van der Waals surface area contributed by atoms with E-state index < -0.39 is 5.41 Å². The zero-order valence-corrected chi connectivity index (χ0v) is 24.7. The van der Waals surface area contributed by atoms with E-state index in [-0.39, 0.29) is 29.2 Å². The van der Waals surface area contributed by atoms with Crippen molar-refractivity contribution in [3.05, 3.63) is 64.3 Å². The van der Waals surface area contributed by atoms with E-state index in [0.29, 0.717) is 82.2 Å². The van der Waals surface area contributed by atoms with Crippen molar-refractivity contribution in [2.45, 2.75) is 61.9 Å². The lowest BCUT2D eigenvalue weighted by Gasteiger charge is -2.37. The van der Waals surface area contributed by atoms with E-state index in [1.165, 1.54) is 11.6 Å². The number of aromatic nitrogens is 4. The summed E-state index contributed by atoms with van der Waals surface area (Å²) in [5.74, 6) is 0.654. The molecule has 11 nitrogen and oxygen atoms in total. The Balaban J connectivity index is 1.09. The lowest BCUT2D eigenvalue weighted by Crippen LogP contribution is -3.17. The van der Waals surface area contributed by atoms with Crippen LogP contribution in [0.3, 0.4) is 0 Å². The van der Waals surface area contributed by atoms with Crippen LogP contribution in [0.2, 0.25) is 0 Å². The fourth-order valence-electron chi connectivity index (χ4n) is 8.96. The zero-order chi connectivity index (χ0) is 30.1. The number of allylic oxidation sites excluding steroid dienone is 3. The molecule has 2 aromatic rings. The van der Waals surface area contributed by atoms with Crippen molar-refractivity contribution in [3.63, 3.8) is 0 Å². The SMILES string of the molecule is N#CC1CC23CC2(C3)N1C(=N)CNCCC1(c2nn[nH]n2)C2=C(CCc3cc(F)ccc31)CC(C(=O)[NH+]1CCOCC1)C=C2. The second-order valence-electron chi connectivity index (χ2n) is 13.5. The first-order valence-corrected chi connectivity index (χ1v) is 15.8. The minimum Gasteiger partial charge on any atom is -0.370 e. The normalized spacial score (nSPS) is 33.5. The summed E-state index contributed by atoms with van der Waals surface area (Å²) in [6, 6.07) is 7.16. The Kier molecular flexibility index (Phi) is 6.38. The average Bonchev–Trinajstić information content (AvgIpc) is 3.63. The number of tetrazole rings is 1. The number of ether oxygens (including phenoxy) is 1. The van der Waals surface area contributed by atoms with Crippen LogP contribution in [0.1, 0.15) is 55.5 Å². The summed E-state index contributed by atoms with van der Waals surface area (Å²) in [4.78, 5) is 16.6. The molecule has 0 radical (unpaired) electrons. The van der Waals surface area contributed by atoms with Crippen LogP contribution < -0.4 is 10.2 Å². The first-order chi connectivity index (χ1) is 21.4. The van der Waals surface area contributed by atoms with Gasteiger partial charge in [-0.3, -0.25) is 10.3 Å². The van der Waals surface area contributed by atoms with Gasteiger partial charge in [0.1, 0.15) is 30.8 Å². The van der Waals surface area contributed by atoms with Crippen molar-refractivity contribution in [1.29, 1.82) is 10.7 Å². The second kappa shape index (κ2) is 10.1. The minimum atomic E-state index is -0.822. The molecule has 4 fully saturated rings. The molecule has 0 bridgehead atoms. The van der Waals surface area contributed by atoms with Crippen molar-refractivity contribution >= 4 is 11.7 Å². The van der Waals surface area contributed by atoms with E-state index in [0.717, 1.165) is 40.9 Å². The van der Waals surface area contributed by atoms with E-state index in [1.54, 1.807) is 6.07 Å². The molecule has 3 heterocycles. The third kappa shape index (κ3) is 4.06. The highest BCUT2D eigenvalue weighted by molar-refractivity contribution is 5.85. The molecule has 2 saturated heterocycles. The molecule has 12 heteroatoms. The van der Waals surface area contributed by atoms with Crippen molar-refractivity contribution in [2.75, 3.05) is 39.4 Å². The van der Waals surface area contributed by atoms with Gasteiger partial charge in [0.25, 0.3) is 0 Å². The van der Waals surface area contributed by atoms with Crippen molar-refractivity contribution in [1.82, 2.24) is 30.8 Å². The summed E-state index contributed by atoms with van der Waals surface area (Å²) in [6.07, 6.45) is 9.72. The summed E-state index contributed by atoms with van der Waals surface area (Å²) in [6.45, 7) is 3.43. The van der Waals surface area contributed by atoms with Crippen LogP contribution in [0.15, 0.2) is 41.5 Å². The number of hydrogen-bond donors (Lipinski definition) is 4. The van der Waals surface area contributed by atoms with Gasteiger partial charge in [0, 0.05) is 11.0 Å². The highest BCUT2D eigenvalue weighted by atomic mass is 19.1. The van der Waals surface area contributed by atoms with E-state index in [4.69, 9.17) is 10.1 Å². The maximum Gasteiger partial charge on any atom is 0.319 e. The lowest BCUT2D eigenvalue weighted by atomic mass is 9.67. The first kappa shape index (κ1) is 27.7. The number of aryl methyl sites for hydroxylation is 1. The molecule has 3 unspecified atom stereocenters. The number of halogens is 1. The topological polar surface area (TPSA) is 148 Å². The maximum atomic E-state index is 14.6. The number of fused-ring (bicyclic) bond motifs is 1. The molecule has 1 aromatic carbocycles. The van der Waals surface area contributed by atoms with E-state index >= 15 is 0 Å². The first-order valence-electron chi connectivity index (χ1n) is 15.8. The van der Waals surface area contributed by atoms with E-state index in [9.17, 15) is 14.4 Å². The number of likely N-dealkylation sites (tertiary alicyclic amines) is 1. The molecule has 6 aliphatic rings. The number of amides is 1. The molecule has 8 rings (SSSR count). The van der Waals surface area contributed by atoms with Gasteiger partial charge in [0.2, 0.25) is 0 Å². The van der Waals surface area contributed by atoms with Crippen LogP contribution in [-0.4, -0.2) is 88.2 Å². The Morgan fingerprint density at radius 2 is 2.14 bits per heavy atom. The number of carbonyl (C=O) groups is 1. The van der Waals surface area contributed by atoms with Gasteiger partial charge < -0.3 is 15.0 Å². The van der Waals surface area contributed by atoms with Crippen LogP contribution in [0, 0.1) is 33.9 Å². The highest BCUT2D eigenvalue weighted by Crippen LogP contribution is 2.87. The Bertz CT molecular complexity index is 1620. The number of nitriles is 1. The predicted molar refractivity (Wildman–Crippen MR) is 156 cm³/mol. The number of piperidine rings is 2. The molecule has 4 aliphatic carbocycles. The van der Waals surface area contributed by atoms with Crippen LogP contribution >= 0.6 is 0 Å². The molecule has 228 valence electrons. The lowest BCUT2D eigenvalue weighted by molar-refractivity contribution is -0.831. The van der Waals surface area contributed by atoms with Crippen LogP contribution in [-0.2, 0) is 21.4 Å². The summed E-state index contributed by atoms with van der Waals surface area (Å²) in [5.41, 5.74) is 3.59. The molecule has 1 amide bonds. The smallest absolute Gasteiger partial charge is 0.319 e. The number of carbonyl (C=O) groups excluding carboxylic acids is 1. The number of amidine groups is 1. The fraction of sp³-hybridized carbons (Fsp3) is 0.562. The molecular weight excluding hydrogens is 561 g/mol. The molecule has 1 aromatic heterocycles. The number of hydrogen-bond acceptors (Lipinski definition) is 8. The van der Waals surface area contributed by atoms with Gasteiger partial charge in [0.05, 0.1) is 37.2 Å². The molecule has 2 saturated carbocycles. The van der Waals surface area contributed by atoms with Crippen LogP contribution in [0.4, 0.5) is 4.39 Å². The van der Waals surface area contributed by atoms with Gasteiger partial charge >= 0.3 is 5.91 Å². The van der Waals surface area contributed by atoms with E-state index in [1.807, 2.05) is 12.1 Å². The molecular formula is C32H37FN9O2+. The summed E-state index contributed by atoms with van der Waals surface area (Å²) >= 11 is 0. The molecule has 4 N–H and O–H groups in total. The minimum absolute atomic E-state index is 0.0613. The van der Waals surface area contributed by atoms with Crippen LogP contribution in [0.5, 0.6) is 0 Å². The Labute approximate surface area is 255 Å².